The number of aliphatic imine (C=N–C) groups is 1. The van der Waals surface area contributed by atoms with Crippen molar-refractivity contribution in [2.24, 2.45) is 10.9 Å². The maximum atomic E-state index is 5.95. The fourth-order valence-electron chi connectivity index (χ4n) is 3.83. The van der Waals surface area contributed by atoms with E-state index in [0.29, 0.717) is 26.4 Å². The summed E-state index contributed by atoms with van der Waals surface area (Å²) in [7, 11) is 0. The summed E-state index contributed by atoms with van der Waals surface area (Å²) in [6.07, 6.45) is 4.09. The Kier molecular flexibility index (Phi) is 11.2. The smallest absolute Gasteiger partial charge is 0.191 e. The molecule has 0 bridgehead atoms. The highest BCUT2D eigenvalue weighted by Crippen LogP contribution is 2.31. The largest absolute Gasteiger partial charge is 0.491 e. The highest BCUT2D eigenvalue weighted by atomic mass is 127. The van der Waals surface area contributed by atoms with Gasteiger partial charge in [0, 0.05) is 37.8 Å². The van der Waals surface area contributed by atoms with E-state index < -0.39 is 0 Å². The Morgan fingerprint density at radius 1 is 1.17 bits per heavy atom. The predicted molar refractivity (Wildman–Crippen MR) is 134 cm³/mol. The number of hydrogen-bond acceptors (Lipinski definition) is 4. The van der Waals surface area contributed by atoms with Crippen molar-refractivity contribution in [3.05, 3.63) is 29.3 Å². The van der Waals surface area contributed by atoms with Crippen LogP contribution < -0.4 is 15.4 Å². The van der Waals surface area contributed by atoms with Gasteiger partial charge in [-0.05, 0) is 64.1 Å². The highest BCUT2D eigenvalue weighted by Gasteiger charge is 2.34. The van der Waals surface area contributed by atoms with Gasteiger partial charge in [0.2, 0.25) is 0 Å². The molecule has 1 saturated heterocycles. The molecule has 1 aliphatic heterocycles. The van der Waals surface area contributed by atoms with E-state index in [4.69, 9.17) is 14.5 Å². The lowest BCUT2D eigenvalue weighted by Gasteiger charge is -2.17. The summed E-state index contributed by atoms with van der Waals surface area (Å²) in [4.78, 5) is 7.48. The quantitative estimate of drug-likeness (QED) is 0.198. The number of guanidine groups is 1. The van der Waals surface area contributed by atoms with Gasteiger partial charge in [0.05, 0.1) is 13.2 Å². The SMILES string of the molecule is CCNC(=NCc1ccc(C)cc1OCCOCC)NCC1CCN(C2CC2)C1.I. The lowest BCUT2D eigenvalue weighted by molar-refractivity contribution is 0.110. The third-order valence-corrected chi connectivity index (χ3v) is 5.60. The summed E-state index contributed by atoms with van der Waals surface area (Å²) in [6.45, 7) is 13.0. The summed E-state index contributed by atoms with van der Waals surface area (Å²) >= 11 is 0. The van der Waals surface area contributed by atoms with E-state index in [9.17, 15) is 0 Å². The highest BCUT2D eigenvalue weighted by molar-refractivity contribution is 14.0. The van der Waals surface area contributed by atoms with Gasteiger partial charge in [-0.15, -0.1) is 24.0 Å². The second kappa shape index (κ2) is 13.4. The van der Waals surface area contributed by atoms with Gasteiger partial charge < -0.3 is 25.0 Å². The molecule has 1 saturated carbocycles. The molecule has 1 atom stereocenters. The van der Waals surface area contributed by atoms with Crippen LogP contribution in [0.5, 0.6) is 5.75 Å². The van der Waals surface area contributed by atoms with Gasteiger partial charge in [-0.1, -0.05) is 12.1 Å². The van der Waals surface area contributed by atoms with Gasteiger partial charge in [-0.25, -0.2) is 4.99 Å². The van der Waals surface area contributed by atoms with E-state index in [1.54, 1.807) is 0 Å². The summed E-state index contributed by atoms with van der Waals surface area (Å²) in [5.41, 5.74) is 2.29. The first-order valence-corrected chi connectivity index (χ1v) is 11.3. The zero-order valence-corrected chi connectivity index (χ0v) is 21.1. The minimum Gasteiger partial charge on any atom is -0.491 e. The van der Waals surface area contributed by atoms with Gasteiger partial charge in [-0.3, -0.25) is 0 Å². The lowest BCUT2D eigenvalue weighted by atomic mass is 10.1. The molecule has 6 nitrogen and oxygen atoms in total. The number of hydrogen-bond donors (Lipinski definition) is 2. The minimum absolute atomic E-state index is 0. The van der Waals surface area contributed by atoms with E-state index in [0.717, 1.165) is 42.3 Å². The third kappa shape index (κ3) is 8.23. The van der Waals surface area contributed by atoms with E-state index in [1.807, 2.05) is 6.92 Å². The van der Waals surface area contributed by atoms with Crippen molar-refractivity contribution < 1.29 is 9.47 Å². The van der Waals surface area contributed by atoms with Crippen molar-refractivity contribution in [3.8, 4) is 5.75 Å². The number of benzene rings is 1. The molecule has 0 radical (unpaired) electrons. The molecule has 1 aromatic rings. The molecule has 2 fully saturated rings. The monoisotopic (exact) mass is 530 g/mol. The van der Waals surface area contributed by atoms with Crippen LogP contribution in [0, 0.1) is 12.8 Å². The van der Waals surface area contributed by atoms with E-state index >= 15 is 0 Å². The van der Waals surface area contributed by atoms with Crippen LogP contribution in [0.3, 0.4) is 0 Å². The van der Waals surface area contributed by atoms with Crippen molar-refractivity contribution in [1.82, 2.24) is 15.5 Å². The number of ether oxygens (including phenoxy) is 2. The summed E-state index contributed by atoms with van der Waals surface area (Å²) in [5.74, 6) is 2.51. The number of nitrogens with one attached hydrogen (secondary N) is 2. The molecular weight excluding hydrogens is 491 g/mol. The van der Waals surface area contributed by atoms with Gasteiger partial charge in [0.1, 0.15) is 12.4 Å². The average molecular weight is 530 g/mol. The number of rotatable bonds is 11. The van der Waals surface area contributed by atoms with Crippen molar-refractivity contribution in [1.29, 1.82) is 0 Å². The number of nitrogens with zero attached hydrogens (tertiary/aromatic N) is 2. The molecule has 0 amide bonds. The van der Waals surface area contributed by atoms with Gasteiger partial charge in [-0.2, -0.15) is 0 Å². The third-order valence-electron chi connectivity index (χ3n) is 5.60. The van der Waals surface area contributed by atoms with Crippen molar-refractivity contribution in [2.75, 3.05) is 46.0 Å². The fraction of sp³-hybridized carbons (Fsp3) is 0.696. The molecule has 0 aromatic heterocycles. The van der Waals surface area contributed by atoms with Crippen molar-refractivity contribution in [3.63, 3.8) is 0 Å². The van der Waals surface area contributed by atoms with Crippen LogP contribution in [0.2, 0.25) is 0 Å². The van der Waals surface area contributed by atoms with Gasteiger partial charge in [0.25, 0.3) is 0 Å². The lowest BCUT2D eigenvalue weighted by Crippen LogP contribution is -2.40. The van der Waals surface area contributed by atoms with Crippen molar-refractivity contribution >= 4 is 29.9 Å². The first-order chi connectivity index (χ1) is 14.2. The maximum absolute atomic E-state index is 5.95. The molecular formula is C23H39IN4O2. The molecule has 170 valence electrons. The zero-order valence-electron chi connectivity index (χ0n) is 18.8. The van der Waals surface area contributed by atoms with Crippen LogP contribution >= 0.6 is 24.0 Å². The van der Waals surface area contributed by atoms with Crippen LogP contribution in [0.1, 0.15) is 44.2 Å². The van der Waals surface area contributed by atoms with Crippen LogP contribution in [0.4, 0.5) is 0 Å². The molecule has 1 unspecified atom stereocenters. The molecule has 2 N–H and O–H groups in total. The molecule has 2 aliphatic rings. The molecule has 1 heterocycles. The van der Waals surface area contributed by atoms with Crippen LogP contribution in [0.15, 0.2) is 23.2 Å². The number of halogens is 1. The van der Waals surface area contributed by atoms with Crippen LogP contribution in [-0.4, -0.2) is 62.9 Å². The van der Waals surface area contributed by atoms with E-state index in [1.165, 1.54) is 37.9 Å². The topological polar surface area (TPSA) is 58.1 Å². The summed E-state index contributed by atoms with van der Waals surface area (Å²) < 4.78 is 11.3. The standard InChI is InChI=1S/C23H38N4O2.HI/c1-4-24-23(25-15-19-10-11-27(17-19)21-8-9-21)26-16-20-7-6-18(3)14-22(20)29-13-12-28-5-2;/h6-7,14,19,21H,4-5,8-13,15-17H2,1-3H3,(H2,24,25,26);1H. The molecule has 0 spiro atoms. The second-order valence-electron chi connectivity index (χ2n) is 8.11. The Bertz CT molecular complexity index is 667. The second-order valence-corrected chi connectivity index (χ2v) is 8.11. The average Bonchev–Trinajstić information content (AvgIpc) is 3.46. The summed E-state index contributed by atoms with van der Waals surface area (Å²) in [5, 5.41) is 6.93. The number of likely N-dealkylation sites (tertiary alicyclic amines) is 1. The van der Waals surface area contributed by atoms with Gasteiger partial charge >= 0.3 is 0 Å². The Morgan fingerprint density at radius 2 is 2.00 bits per heavy atom. The van der Waals surface area contributed by atoms with Crippen LogP contribution in [0.25, 0.3) is 0 Å². The first kappa shape index (κ1) is 25.2. The summed E-state index contributed by atoms with van der Waals surface area (Å²) in [6, 6.07) is 7.20. The Hall–Kier alpha value is -1.06. The Morgan fingerprint density at radius 3 is 2.73 bits per heavy atom. The number of aryl methyl sites for hydroxylation is 1. The zero-order chi connectivity index (χ0) is 20.5. The van der Waals surface area contributed by atoms with Crippen molar-refractivity contribution in [2.45, 2.75) is 52.6 Å². The predicted octanol–water partition coefficient (Wildman–Crippen LogP) is 3.57. The van der Waals surface area contributed by atoms with Crippen LogP contribution in [-0.2, 0) is 11.3 Å². The molecule has 3 rings (SSSR count). The normalized spacial score (nSPS) is 19.4. The molecule has 30 heavy (non-hydrogen) atoms. The Labute approximate surface area is 199 Å². The minimum atomic E-state index is 0. The van der Waals surface area contributed by atoms with E-state index in [2.05, 4.69) is 47.6 Å². The Balaban J connectivity index is 0.00000320. The maximum Gasteiger partial charge on any atom is 0.191 e. The molecule has 7 heteroatoms. The van der Waals surface area contributed by atoms with E-state index in [-0.39, 0.29) is 24.0 Å². The molecule has 1 aliphatic carbocycles. The molecule has 1 aromatic carbocycles. The first-order valence-electron chi connectivity index (χ1n) is 11.3. The fourth-order valence-corrected chi connectivity index (χ4v) is 3.83. The van der Waals surface area contributed by atoms with Gasteiger partial charge in [0.15, 0.2) is 5.96 Å².